The van der Waals surface area contributed by atoms with Gasteiger partial charge in [-0.05, 0) is 43.0 Å². The Morgan fingerprint density at radius 3 is 2.59 bits per heavy atom. The zero-order valence-electron chi connectivity index (χ0n) is 19.7. The number of nitrogens with one attached hydrogen (secondary N) is 1. The molecular weight excluding hydrogens is 430 g/mol. The molecule has 3 amide bonds. The topological polar surface area (TPSA) is 76.2 Å². The summed E-state index contributed by atoms with van der Waals surface area (Å²) in [7, 11) is 0. The van der Waals surface area contributed by atoms with Crippen LogP contribution in [0.1, 0.15) is 40.7 Å². The molecule has 0 bridgehead atoms. The largest absolute Gasteiger partial charge is 0.322 e. The summed E-state index contributed by atoms with van der Waals surface area (Å²) >= 11 is 0. The Bertz CT molecular complexity index is 1000. The van der Waals surface area contributed by atoms with Crippen LogP contribution in [-0.2, 0) is 22.6 Å². The molecule has 3 saturated heterocycles. The quantitative estimate of drug-likeness (QED) is 0.464. The summed E-state index contributed by atoms with van der Waals surface area (Å²) < 4.78 is 0. The van der Waals surface area contributed by atoms with Crippen LogP contribution >= 0.6 is 0 Å². The van der Waals surface area contributed by atoms with Crippen LogP contribution in [0.25, 0.3) is 0 Å². The fourth-order valence-electron chi connectivity index (χ4n) is 5.75. The van der Waals surface area contributed by atoms with E-state index in [1.807, 2.05) is 12.1 Å². The lowest BCUT2D eigenvalue weighted by Gasteiger charge is -2.48. The minimum absolute atomic E-state index is 0.0979. The van der Waals surface area contributed by atoms with Crippen LogP contribution in [-0.4, -0.2) is 102 Å². The van der Waals surface area contributed by atoms with E-state index in [-0.39, 0.29) is 24.1 Å². The zero-order valence-corrected chi connectivity index (χ0v) is 19.7. The van der Waals surface area contributed by atoms with E-state index in [0.29, 0.717) is 24.6 Å². The van der Waals surface area contributed by atoms with E-state index < -0.39 is 6.04 Å². The molecule has 1 N–H and O–H groups in total. The Labute approximate surface area is 201 Å². The van der Waals surface area contributed by atoms with Crippen LogP contribution in [0, 0.1) is 12.3 Å². The molecule has 4 heterocycles. The molecule has 1 atom stereocenters. The van der Waals surface area contributed by atoms with Crippen LogP contribution in [0.3, 0.4) is 0 Å². The molecular formula is C26H33N5O3. The molecule has 0 aromatic heterocycles. The Hall–Kier alpha value is -2.73. The lowest BCUT2D eigenvalue weighted by Crippen LogP contribution is -2.63. The van der Waals surface area contributed by atoms with Gasteiger partial charge in [0.2, 0.25) is 11.8 Å². The molecule has 1 aromatic carbocycles. The number of piperidine rings is 1. The monoisotopic (exact) mass is 463 g/mol. The molecule has 0 aliphatic carbocycles. The van der Waals surface area contributed by atoms with Crippen molar-refractivity contribution in [1.82, 2.24) is 24.9 Å². The number of terminal acetylenes is 1. The molecule has 8 heteroatoms. The minimum Gasteiger partial charge on any atom is -0.322 e. The number of likely N-dealkylation sites (tertiary alicyclic amines) is 1. The summed E-state index contributed by atoms with van der Waals surface area (Å²) in [5.74, 6) is 2.03. The van der Waals surface area contributed by atoms with Crippen molar-refractivity contribution in [3.8, 4) is 12.3 Å². The van der Waals surface area contributed by atoms with Gasteiger partial charge < -0.3 is 9.80 Å². The third-order valence-electron chi connectivity index (χ3n) is 7.78. The highest BCUT2D eigenvalue weighted by Gasteiger charge is 2.39. The normalized spacial score (nSPS) is 24.6. The van der Waals surface area contributed by atoms with Crippen molar-refractivity contribution in [2.45, 2.75) is 44.3 Å². The second-order valence-electron chi connectivity index (χ2n) is 9.88. The molecule has 8 nitrogen and oxygen atoms in total. The van der Waals surface area contributed by atoms with Gasteiger partial charge in [-0.15, -0.1) is 6.42 Å². The van der Waals surface area contributed by atoms with Crippen LogP contribution in [0.5, 0.6) is 0 Å². The fourth-order valence-corrected chi connectivity index (χ4v) is 5.75. The number of piperazine rings is 1. The van der Waals surface area contributed by atoms with Crippen molar-refractivity contribution in [2.75, 3.05) is 52.4 Å². The highest BCUT2D eigenvalue weighted by Crippen LogP contribution is 2.30. The summed E-state index contributed by atoms with van der Waals surface area (Å²) in [6.07, 6.45) is 8.07. The van der Waals surface area contributed by atoms with Crippen LogP contribution in [0.2, 0.25) is 0 Å². The van der Waals surface area contributed by atoms with Gasteiger partial charge in [-0.25, -0.2) is 0 Å². The summed E-state index contributed by atoms with van der Waals surface area (Å²) in [5, 5.41) is 2.37. The van der Waals surface area contributed by atoms with Gasteiger partial charge in [-0.2, -0.15) is 0 Å². The molecule has 180 valence electrons. The number of carbonyl (C=O) groups excluding carboxylic acids is 3. The molecule has 34 heavy (non-hydrogen) atoms. The van der Waals surface area contributed by atoms with E-state index in [1.54, 1.807) is 4.90 Å². The Morgan fingerprint density at radius 1 is 1.06 bits per heavy atom. The predicted molar refractivity (Wildman–Crippen MR) is 128 cm³/mol. The second-order valence-corrected chi connectivity index (χ2v) is 9.88. The SMILES string of the molecule is C#CCN1CCN(C2CN(CCCc3cccc4c3CN(C3CCC(=O)NC3=O)C4=O)C2)CC1. The Kier molecular flexibility index (Phi) is 6.68. The second kappa shape index (κ2) is 9.87. The lowest BCUT2D eigenvalue weighted by molar-refractivity contribution is -0.136. The maximum Gasteiger partial charge on any atom is 0.255 e. The van der Waals surface area contributed by atoms with E-state index in [1.165, 1.54) is 5.56 Å². The van der Waals surface area contributed by atoms with Gasteiger partial charge >= 0.3 is 0 Å². The smallest absolute Gasteiger partial charge is 0.255 e. The van der Waals surface area contributed by atoms with Gasteiger partial charge in [0.25, 0.3) is 5.91 Å². The van der Waals surface area contributed by atoms with Crippen molar-refractivity contribution >= 4 is 17.7 Å². The average Bonchev–Trinajstić information content (AvgIpc) is 3.13. The third kappa shape index (κ3) is 4.61. The fraction of sp³-hybridized carbons (Fsp3) is 0.577. The third-order valence-corrected chi connectivity index (χ3v) is 7.78. The molecule has 4 aliphatic rings. The summed E-state index contributed by atoms with van der Waals surface area (Å²) in [6, 6.07) is 6.01. The molecule has 0 saturated carbocycles. The van der Waals surface area contributed by atoms with Crippen molar-refractivity contribution in [2.24, 2.45) is 0 Å². The molecule has 1 aromatic rings. The minimum atomic E-state index is -0.558. The van der Waals surface area contributed by atoms with Crippen molar-refractivity contribution in [3.63, 3.8) is 0 Å². The molecule has 0 spiro atoms. The maximum absolute atomic E-state index is 13.0. The highest BCUT2D eigenvalue weighted by atomic mass is 16.2. The number of imide groups is 1. The first-order valence-corrected chi connectivity index (χ1v) is 12.4. The zero-order chi connectivity index (χ0) is 23.7. The number of aryl methyl sites for hydroxylation is 1. The standard InChI is InChI=1S/C26H33N5O3/c1-2-10-28-12-14-30(15-13-28)20-16-29(17-20)11-4-6-19-5-3-7-21-22(19)18-31(26(21)34)23-8-9-24(32)27-25(23)33/h1,3,5,7,20,23H,4,6,8-18H2,(H,27,32,33). The van der Waals surface area contributed by atoms with Crippen LogP contribution in [0.4, 0.5) is 0 Å². The number of rotatable bonds is 7. The van der Waals surface area contributed by atoms with Crippen molar-refractivity contribution in [1.29, 1.82) is 0 Å². The molecule has 3 fully saturated rings. The first kappa shape index (κ1) is 23.0. The maximum atomic E-state index is 13.0. The Morgan fingerprint density at radius 2 is 1.85 bits per heavy atom. The van der Waals surface area contributed by atoms with Crippen molar-refractivity contribution < 1.29 is 14.4 Å². The molecule has 0 radical (unpaired) electrons. The van der Waals surface area contributed by atoms with Gasteiger partial charge in [0, 0.05) is 63.8 Å². The first-order valence-electron chi connectivity index (χ1n) is 12.4. The number of benzene rings is 1. The van der Waals surface area contributed by atoms with Crippen LogP contribution < -0.4 is 5.32 Å². The number of hydrogen-bond donors (Lipinski definition) is 1. The van der Waals surface area contributed by atoms with Gasteiger partial charge in [0.05, 0.1) is 6.54 Å². The number of fused-ring (bicyclic) bond motifs is 1. The molecule has 1 unspecified atom stereocenters. The number of nitrogens with zero attached hydrogens (tertiary/aromatic N) is 4. The number of amides is 3. The van der Waals surface area contributed by atoms with Gasteiger partial charge in [0.1, 0.15) is 6.04 Å². The Balaban J connectivity index is 1.10. The van der Waals surface area contributed by atoms with E-state index in [0.717, 1.165) is 70.8 Å². The van der Waals surface area contributed by atoms with Crippen LogP contribution in [0.15, 0.2) is 18.2 Å². The van der Waals surface area contributed by atoms with Crippen molar-refractivity contribution in [3.05, 3.63) is 34.9 Å². The summed E-state index contributed by atoms with van der Waals surface area (Å²) in [4.78, 5) is 45.9. The average molecular weight is 464 g/mol. The predicted octanol–water partition coefficient (Wildman–Crippen LogP) is 0.315. The summed E-state index contributed by atoms with van der Waals surface area (Å²) in [5.41, 5.74) is 2.95. The van der Waals surface area contributed by atoms with E-state index in [9.17, 15) is 14.4 Å². The number of carbonyl (C=O) groups is 3. The lowest BCUT2D eigenvalue weighted by atomic mass is 9.98. The van der Waals surface area contributed by atoms with E-state index in [4.69, 9.17) is 6.42 Å². The molecule has 4 aliphatic heterocycles. The van der Waals surface area contributed by atoms with Gasteiger partial charge in [-0.3, -0.25) is 29.5 Å². The highest BCUT2D eigenvalue weighted by molar-refractivity contribution is 6.05. The van der Waals surface area contributed by atoms with Gasteiger partial charge in [0.15, 0.2) is 0 Å². The number of hydrogen-bond acceptors (Lipinski definition) is 6. The van der Waals surface area contributed by atoms with E-state index in [2.05, 4.69) is 32.0 Å². The first-order chi connectivity index (χ1) is 16.5. The van der Waals surface area contributed by atoms with E-state index >= 15 is 0 Å². The van der Waals surface area contributed by atoms with Gasteiger partial charge in [-0.1, -0.05) is 18.1 Å². The molecule has 5 rings (SSSR count). The summed E-state index contributed by atoms with van der Waals surface area (Å²) in [6.45, 7) is 8.86.